The standard InChI is InChI=1S/C13H16N4S/c1-2-12(14-7-11-4-5-18-8-11)6-13(3-1)17-9-15-16-10-17/h1-3,6,9-11,14H,4-5,7-8H2. The van der Waals surface area contributed by atoms with Crippen LogP contribution >= 0.6 is 11.8 Å². The first-order valence-corrected chi connectivity index (χ1v) is 7.34. The number of anilines is 1. The van der Waals surface area contributed by atoms with E-state index in [9.17, 15) is 0 Å². The van der Waals surface area contributed by atoms with Gasteiger partial charge in [0, 0.05) is 12.2 Å². The first-order valence-electron chi connectivity index (χ1n) is 6.18. The van der Waals surface area contributed by atoms with E-state index < -0.39 is 0 Å². The number of thioether (sulfide) groups is 1. The van der Waals surface area contributed by atoms with E-state index in [-0.39, 0.29) is 0 Å². The maximum absolute atomic E-state index is 3.83. The zero-order valence-corrected chi connectivity index (χ0v) is 10.9. The summed E-state index contributed by atoms with van der Waals surface area (Å²) in [4.78, 5) is 0. The molecule has 0 spiro atoms. The molecule has 2 aromatic rings. The van der Waals surface area contributed by atoms with Gasteiger partial charge in [0.05, 0.1) is 5.69 Å². The molecule has 1 aromatic carbocycles. The van der Waals surface area contributed by atoms with Crippen molar-refractivity contribution in [2.75, 3.05) is 23.4 Å². The number of nitrogens with one attached hydrogen (secondary N) is 1. The molecule has 94 valence electrons. The van der Waals surface area contributed by atoms with Crippen LogP contribution < -0.4 is 5.32 Å². The molecule has 1 aliphatic rings. The van der Waals surface area contributed by atoms with Crippen LogP contribution in [0.2, 0.25) is 0 Å². The Morgan fingerprint density at radius 3 is 3.00 bits per heavy atom. The molecule has 1 fully saturated rings. The first kappa shape index (κ1) is 11.6. The van der Waals surface area contributed by atoms with Crippen molar-refractivity contribution < 1.29 is 0 Å². The first-order chi connectivity index (χ1) is 8.92. The summed E-state index contributed by atoms with van der Waals surface area (Å²) >= 11 is 2.06. The van der Waals surface area contributed by atoms with Crippen molar-refractivity contribution in [2.45, 2.75) is 6.42 Å². The lowest BCUT2D eigenvalue weighted by molar-refractivity contribution is 0.632. The molecule has 0 bridgehead atoms. The minimum absolute atomic E-state index is 0.813. The Morgan fingerprint density at radius 1 is 1.33 bits per heavy atom. The molecule has 1 unspecified atom stereocenters. The van der Waals surface area contributed by atoms with Crippen molar-refractivity contribution in [2.24, 2.45) is 5.92 Å². The summed E-state index contributed by atoms with van der Waals surface area (Å²) in [6, 6.07) is 8.35. The lowest BCUT2D eigenvalue weighted by atomic mass is 10.1. The molecule has 0 aliphatic carbocycles. The average Bonchev–Trinajstić information content (AvgIpc) is 3.10. The lowest BCUT2D eigenvalue weighted by Gasteiger charge is -2.12. The van der Waals surface area contributed by atoms with Crippen LogP contribution in [-0.2, 0) is 0 Å². The predicted molar refractivity (Wildman–Crippen MR) is 75.3 cm³/mol. The minimum atomic E-state index is 0.813. The monoisotopic (exact) mass is 260 g/mol. The smallest absolute Gasteiger partial charge is 0.123 e. The Balaban J connectivity index is 1.67. The second kappa shape index (κ2) is 5.44. The van der Waals surface area contributed by atoms with Crippen molar-refractivity contribution >= 4 is 17.4 Å². The molecule has 1 aromatic heterocycles. The number of hydrogen-bond acceptors (Lipinski definition) is 4. The van der Waals surface area contributed by atoms with Gasteiger partial charge in [-0.15, -0.1) is 10.2 Å². The molecule has 5 heteroatoms. The molecule has 1 aliphatic heterocycles. The highest BCUT2D eigenvalue weighted by atomic mass is 32.2. The minimum Gasteiger partial charge on any atom is -0.385 e. The van der Waals surface area contributed by atoms with Crippen LogP contribution in [0.5, 0.6) is 0 Å². The zero-order valence-electron chi connectivity index (χ0n) is 10.1. The van der Waals surface area contributed by atoms with E-state index in [1.807, 2.05) is 4.57 Å². The molecule has 1 saturated heterocycles. The van der Waals surface area contributed by atoms with E-state index in [4.69, 9.17) is 0 Å². The van der Waals surface area contributed by atoms with Crippen molar-refractivity contribution in [3.63, 3.8) is 0 Å². The summed E-state index contributed by atoms with van der Waals surface area (Å²) in [6.07, 6.45) is 4.77. The summed E-state index contributed by atoms with van der Waals surface area (Å²) in [6.45, 7) is 1.07. The number of rotatable bonds is 4. The molecule has 1 atom stereocenters. The van der Waals surface area contributed by atoms with E-state index in [0.29, 0.717) is 0 Å². The second-order valence-electron chi connectivity index (χ2n) is 4.53. The molecule has 4 nitrogen and oxygen atoms in total. The van der Waals surface area contributed by atoms with Crippen molar-refractivity contribution in [1.82, 2.24) is 14.8 Å². The van der Waals surface area contributed by atoms with E-state index in [2.05, 4.69) is 51.5 Å². The fourth-order valence-corrected chi connectivity index (χ4v) is 3.40. The SMILES string of the molecule is c1cc(NCC2CCSC2)cc(-n2cnnc2)c1. The van der Waals surface area contributed by atoms with Crippen LogP contribution in [0, 0.1) is 5.92 Å². The van der Waals surface area contributed by atoms with Crippen LogP contribution in [0.15, 0.2) is 36.9 Å². The van der Waals surface area contributed by atoms with Gasteiger partial charge < -0.3 is 5.32 Å². The number of aromatic nitrogens is 3. The molecule has 1 N–H and O–H groups in total. The molecule has 2 heterocycles. The number of hydrogen-bond donors (Lipinski definition) is 1. The third-order valence-corrected chi connectivity index (χ3v) is 4.41. The maximum atomic E-state index is 3.83. The molecule has 0 radical (unpaired) electrons. The lowest BCUT2D eigenvalue weighted by Crippen LogP contribution is -2.13. The topological polar surface area (TPSA) is 42.7 Å². The highest BCUT2D eigenvalue weighted by molar-refractivity contribution is 7.99. The summed E-state index contributed by atoms with van der Waals surface area (Å²) in [5.74, 6) is 3.42. The van der Waals surface area contributed by atoms with Gasteiger partial charge in [-0.2, -0.15) is 11.8 Å². The molecule has 3 rings (SSSR count). The normalized spacial score (nSPS) is 19.0. The van der Waals surface area contributed by atoms with Crippen LogP contribution in [-0.4, -0.2) is 32.8 Å². The van der Waals surface area contributed by atoms with Crippen LogP contribution in [0.3, 0.4) is 0 Å². The van der Waals surface area contributed by atoms with Gasteiger partial charge in [0.1, 0.15) is 12.7 Å². The molecule has 18 heavy (non-hydrogen) atoms. The largest absolute Gasteiger partial charge is 0.385 e. The average molecular weight is 260 g/mol. The molecular weight excluding hydrogens is 244 g/mol. The van der Waals surface area contributed by atoms with E-state index >= 15 is 0 Å². The summed E-state index contributed by atoms with van der Waals surface area (Å²) < 4.78 is 1.91. The Kier molecular flexibility index (Phi) is 3.50. The van der Waals surface area contributed by atoms with Gasteiger partial charge in [0.15, 0.2) is 0 Å². The highest BCUT2D eigenvalue weighted by Gasteiger charge is 2.14. The van der Waals surface area contributed by atoms with E-state index in [0.717, 1.165) is 23.8 Å². The Bertz CT molecular complexity index is 491. The fourth-order valence-electron chi connectivity index (χ4n) is 2.12. The van der Waals surface area contributed by atoms with Crippen LogP contribution in [0.4, 0.5) is 5.69 Å². The van der Waals surface area contributed by atoms with Crippen LogP contribution in [0.1, 0.15) is 6.42 Å². The van der Waals surface area contributed by atoms with E-state index in [1.54, 1.807) is 12.7 Å². The summed E-state index contributed by atoms with van der Waals surface area (Å²) in [5, 5.41) is 11.2. The third-order valence-electron chi connectivity index (χ3n) is 3.18. The summed E-state index contributed by atoms with van der Waals surface area (Å²) in [5.41, 5.74) is 2.25. The Morgan fingerprint density at radius 2 is 2.22 bits per heavy atom. The van der Waals surface area contributed by atoms with Gasteiger partial charge in [-0.1, -0.05) is 6.07 Å². The quantitative estimate of drug-likeness (QED) is 0.917. The fraction of sp³-hybridized carbons (Fsp3) is 0.385. The maximum Gasteiger partial charge on any atom is 0.123 e. The van der Waals surface area contributed by atoms with Gasteiger partial charge in [-0.25, -0.2) is 0 Å². The second-order valence-corrected chi connectivity index (χ2v) is 5.68. The Labute approximate surface area is 111 Å². The molecular formula is C13H16N4S. The molecule has 0 saturated carbocycles. The van der Waals surface area contributed by atoms with Gasteiger partial charge in [-0.05, 0) is 42.0 Å². The van der Waals surface area contributed by atoms with Crippen molar-refractivity contribution in [1.29, 1.82) is 0 Å². The van der Waals surface area contributed by atoms with Gasteiger partial charge in [-0.3, -0.25) is 4.57 Å². The van der Waals surface area contributed by atoms with Gasteiger partial charge in [0.25, 0.3) is 0 Å². The van der Waals surface area contributed by atoms with E-state index in [1.165, 1.54) is 17.9 Å². The zero-order chi connectivity index (χ0) is 12.2. The number of nitrogens with zero attached hydrogens (tertiary/aromatic N) is 3. The summed E-state index contributed by atoms with van der Waals surface area (Å²) in [7, 11) is 0. The third kappa shape index (κ3) is 2.67. The highest BCUT2D eigenvalue weighted by Crippen LogP contribution is 2.24. The van der Waals surface area contributed by atoms with Gasteiger partial charge in [0.2, 0.25) is 0 Å². The van der Waals surface area contributed by atoms with Crippen molar-refractivity contribution in [3.05, 3.63) is 36.9 Å². The Hall–Kier alpha value is -1.49. The van der Waals surface area contributed by atoms with Crippen molar-refractivity contribution in [3.8, 4) is 5.69 Å². The van der Waals surface area contributed by atoms with Gasteiger partial charge >= 0.3 is 0 Å². The van der Waals surface area contributed by atoms with Crippen LogP contribution in [0.25, 0.3) is 5.69 Å². The predicted octanol–water partition coefficient (Wildman–Crippen LogP) is 2.43. The number of benzene rings is 1. The molecule has 0 amide bonds.